The fourth-order valence-corrected chi connectivity index (χ4v) is 4.47. The van der Waals surface area contributed by atoms with Crippen LogP contribution in [-0.4, -0.2) is 55.6 Å². The molecular weight excluding hydrogens is 316 g/mol. The SMILES string of the molecule is CC(C)(O)C(=O)Nc1ccc(S(=O)(=O)N2CCOCC2)s1. The maximum absolute atomic E-state index is 12.4. The summed E-state index contributed by atoms with van der Waals surface area (Å²) in [4.78, 5) is 11.7. The van der Waals surface area contributed by atoms with E-state index in [0.717, 1.165) is 11.3 Å². The lowest BCUT2D eigenvalue weighted by Crippen LogP contribution is -2.40. The third kappa shape index (κ3) is 3.80. The molecule has 1 aliphatic heterocycles. The molecule has 7 nitrogen and oxygen atoms in total. The number of anilines is 1. The van der Waals surface area contributed by atoms with Gasteiger partial charge >= 0.3 is 0 Å². The van der Waals surface area contributed by atoms with Gasteiger partial charge in [0, 0.05) is 13.1 Å². The van der Waals surface area contributed by atoms with Crippen LogP contribution in [0.15, 0.2) is 16.3 Å². The number of hydrogen-bond acceptors (Lipinski definition) is 6. The van der Waals surface area contributed by atoms with Gasteiger partial charge in [-0.25, -0.2) is 8.42 Å². The lowest BCUT2D eigenvalue weighted by atomic mass is 10.1. The third-order valence-electron chi connectivity index (χ3n) is 2.94. The monoisotopic (exact) mass is 334 g/mol. The molecular formula is C12H18N2O5S2. The Kier molecular flexibility index (Phi) is 4.69. The van der Waals surface area contributed by atoms with Crippen LogP contribution in [0.1, 0.15) is 13.8 Å². The number of morpholine rings is 1. The lowest BCUT2D eigenvalue weighted by molar-refractivity contribution is -0.130. The highest BCUT2D eigenvalue weighted by Gasteiger charge is 2.29. The number of carbonyl (C=O) groups is 1. The molecule has 0 radical (unpaired) electrons. The summed E-state index contributed by atoms with van der Waals surface area (Å²) in [5.74, 6) is -0.584. The van der Waals surface area contributed by atoms with Crippen LogP contribution in [0, 0.1) is 0 Å². The van der Waals surface area contributed by atoms with Gasteiger partial charge in [-0.2, -0.15) is 4.31 Å². The van der Waals surface area contributed by atoms with E-state index in [0.29, 0.717) is 31.3 Å². The van der Waals surface area contributed by atoms with Gasteiger partial charge < -0.3 is 15.2 Å². The molecule has 0 atom stereocenters. The second kappa shape index (κ2) is 6.01. The summed E-state index contributed by atoms with van der Waals surface area (Å²) in [6, 6.07) is 2.97. The van der Waals surface area contributed by atoms with Crippen LogP contribution in [-0.2, 0) is 19.6 Å². The number of sulfonamides is 1. The van der Waals surface area contributed by atoms with Crippen molar-refractivity contribution in [1.82, 2.24) is 4.31 Å². The molecule has 0 unspecified atom stereocenters. The maximum Gasteiger partial charge on any atom is 0.256 e. The fraction of sp³-hybridized carbons (Fsp3) is 0.583. The van der Waals surface area contributed by atoms with Gasteiger partial charge in [0.25, 0.3) is 15.9 Å². The second-order valence-electron chi connectivity index (χ2n) is 5.15. The van der Waals surface area contributed by atoms with E-state index < -0.39 is 21.5 Å². The molecule has 118 valence electrons. The summed E-state index contributed by atoms with van der Waals surface area (Å²) >= 11 is 0.964. The highest BCUT2D eigenvalue weighted by Crippen LogP contribution is 2.29. The summed E-state index contributed by atoms with van der Waals surface area (Å²) in [5, 5.41) is 12.5. The number of nitrogens with zero attached hydrogens (tertiary/aromatic N) is 1. The Hall–Kier alpha value is -1.00. The molecule has 2 heterocycles. The lowest BCUT2D eigenvalue weighted by Gasteiger charge is -2.25. The van der Waals surface area contributed by atoms with Crippen molar-refractivity contribution in [1.29, 1.82) is 0 Å². The average molecular weight is 334 g/mol. The fourth-order valence-electron chi connectivity index (χ4n) is 1.71. The molecule has 0 aliphatic carbocycles. The summed E-state index contributed by atoms with van der Waals surface area (Å²) in [6.45, 7) is 4.14. The number of rotatable bonds is 4. The van der Waals surface area contributed by atoms with Crippen LogP contribution in [0.25, 0.3) is 0 Å². The highest BCUT2D eigenvalue weighted by atomic mass is 32.2. The zero-order chi connectivity index (χ0) is 15.7. The summed E-state index contributed by atoms with van der Waals surface area (Å²) in [6.07, 6.45) is 0. The van der Waals surface area contributed by atoms with Gasteiger partial charge in [-0.3, -0.25) is 4.79 Å². The van der Waals surface area contributed by atoms with Crippen LogP contribution in [0.5, 0.6) is 0 Å². The van der Waals surface area contributed by atoms with E-state index in [2.05, 4.69) is 5.32 Å². The number of aliphatic hydroxyl groups is 1. The van der Waals surface area contributed by atoms with Crippen LogP contribution in [0.3, 0.4) is 0 Å². The molecule has 0 saturated carbocycles. The molecule has 9 heteroatoms. The normalized spacial score (nSPS) is 17.7. The first-order valence-electron chi connectivity index (χ1n) is 6.43. The zero-order valence-corrected chi connectivity index (χ0v) is 13.5. The standard InChI is InChI=1S/C12H18N2O5S2/c1-12(2,16)11(15)13-9-3-4-10(20-9)21(17,18)14-5-7-19-8-6-14/h3-4,16H,5-8H2,1-2H3,(H,13,15). The van der Waals surface area contributed by atoms with Gasteiger partial charge in [0.15, 0.2) is 0 Å². The molecule has 1 aliphatic rings. The summed E-state index contributed by atoms with van der Waals surface area (Å²) < 4.78 is 31.5. The van der Waals surface area contributed by atoms with Crippen molar-refractivity contribution in [3.8, 4) is 0 Å². The Morgan fingerprint density at radius 1 is 1.38 bits per heavy atom. The average Bonchev–Trinajstić information content (AvgIpc) is 2.88. The molecule has 1 saturated heterocycles. The van der Waals surface area contributed by atoms with E-state index in [4.69, 9.17) is 4.74 Å². The Bertz CT molecular complexity index is 612. The number of hydrogen-bond donors (Lipinski definition) is 2. The van der Waals surface area contributed by atoms with E-state index in [1.165, 1.54) is 30.3 Å². The van der Waals surface area contributed by atoms with Gasteiger partial charge in [0.05, 0.1) is 18.2 Å². The molecule has 2 N–H and O–H groups in total. The van der Waals surface area contributed by atoms with Crippen LogP contribution in [0.2, 0.25) is 0 Å². The predicted octanol–water partition coefficient (Wildman–Crippen LogP) is 0.478. The van der Waals surface area contributed by atoms with E-state index in [-0.39, 0.29) is 4.21 Å². The van der Waals surface area contributed by atoms with Gasteiger partial charge in [-0.1, -0.05) is 0 Å². The van der Waals surface area contributed by atoms with Crippen molar-refractivity contribution in [2.45, 2.75) is 23.7 Å². The molecule has 1 aromatic heterocycles. The van der Waals surface area contributed by atoms with Crippen molar-refractivity contribution in [2.24, 2.45) is 0 Å². The minimum absolute atomic E-state index is 0.162. The Labute approximate surface area is 127 Å². The van der Waals surface area contributed by atoms with Crippen molar-refractivity contribution < 1.29 is 23.1 Å². The van der Waals surface area contributed by atoms with E-state index >= 15 is 0 Å². The number of ether oxygens (including phenoxy) is 1. The third-order valence-corrected chi connectivity index (χ3v) is 6.30. The quantitative estimate of drug-likeness (QED) is 0.835. The molecule has 0 bridgehead atoms. The first-order valence-corrected chi connectivity index (χ1v) is 8.68. The first-order chi connectivity index (χ1) is 9.71. The van der Waals surface area contributed by atoms with Crippen molar-refractivity contribution >= 4 is 32.3 Å². The largest absolute Gasteiger partial charge is 0.381 e. The zero-order valence-electron chi connectivity index (χ0n) is 11.8. The molecule has 2 rings (SSSR count). The topological polar surface area (TPSA) is 95.9 Å². The van der Waals surface area contributed by atoms with Gasteiger partial charge in [-0.05, 0) is 26.0 Å². The Morgan fingerprint density at radius 3 is 2.57 bits per heavy atom. The number of amides is 1. The second-order valence-corrected chi connectivity index (χ2v) is 8.40. The predicted molar refractivity (Wildman–Crippen MR) is 78.8 cm³/mol. The van der Waals surface area contributed by atoms with Crippen LogP contribution < -0.4 is 5.32 Å². The van der Waals surface area contributed by atoms with E-state index in [1.807, 2.05) is 0 Å². The van der Waals surface area contributed by atoms with Gasteiger partial charge in [0.1, 0.15) is 9.81 Å². The molecule has 1 fully saturated rings. The van der Waals surface area contributed by atoms with Crippen LogP contribution in [0.4, 0.5) is 5.00 Å². The first kappa shape index (κ1) is 16.4. The Morgan fingerprint density at radius 2 is 2.00 bits per heavy atom. The smallest absolute Gasteiger partial charge is 0.256 e. The minimum atomic E-state index is -3.55. The van der Waals surface area contributed by atoms with Crippen molar-refractivity contribution in [3.05, 3.63) is 12.1 Å². The number of nitrogens with one attached hydrogen (secondary N) is 1. The van der Waals surface area contributed by atoms with Crippen molar-refractivity contribution in [3.63, 3.8) is 0 Å². The Balaban J connectivity index is 2.14. The van der Waals surface area contributed by atoms with E-state index in [9.17, 15) is 18.3 Å². The molecule has 1 amide bonds. The highest BCUT2D eigenvalue weighted by molar-refractivity contribution is 7.91. The van der Waals surface area contributed by atoms with Gasteiger partial charge in [-0.15, -0.1) is 11.3 Å². The van der Waals surface area contributed by atoms with E-state index in [1.54, 1.807) is 0 Å². The number of carbonyl (C=O) groups excluding carboxylic acids is 1. The minimum Gasteiger partial charge on any atom is -0.381 e. The molecule has 0 spiro atoms. The summed E-state index contributed by atoms with van der Waals surface area (Å²) in [7, 11) is -3.55. The molecule has 1 aromatic rings. The summed E-state index contributed by atoms with van der Waals surface area (Å²) in [5.41, 5.74) is -1.52. The molecule has 0 aromatic carbocycles. The maximum atomic E-state index is 12.4. The number of thiophene rings is 1. The van der Waals surface area contributed by atoms with Crippen molar-refractivity contribution in [2.75, 3.05) is 31.6 Å². The van der Waals surface area contributed by atoms with Crippen LogP contribution >= 0.6 is 11.3 Å². The van der Waals surface area contributed by atoms with Gasteiger partial charge in [0.2, 0.25) is 0 Å². The molecule has 21 heavy (non-hydrogen) atoms.